The Hall–Kier alpha value is -3.92. The number of anilines is 1. The molecular weight excluding hydrogens is 509 g/mol. The molecular formula is C28H32FN3O5S. The predicted octanol–water partition coefficient (Wildman–Crippen LogP) is 3.38. The van der Waals surface area contributed by atoms with E-state index in [-0.39, 0.29) is 24.2 Å². The van der Waals surface area contributed by atoms with Gasteiger partial charge in [0.25, 0.3) is 0 Å². The van der Waals surface area contributed by atoms with Gasteiger partial charge in [-0.2, -0.15) is 0 Å². The maximum absolute atomic E-state index is 14.6. The van der Waals surface area contributed by atoms with Gasteiger partial charge in [-0.1, -0.05) is 48.5 Å². The van der Waals surface area contributed by atoms with Crippen LogP contribution in [0.15, 0.2) is 78.9 Å². The molecule has 0 radical (unpaired) electrons. The van der Waals surface area contributed by atoms with E-state index >= 15 is 0 Å². The van der Waals surface area contributed by atoms with Crippen LogP contribution >= 0.6 is 0 Å². The van der Waals surface area contributed by atoms with Crippen molar-refractivity contribution in [2.75, 3.05) is 30.8 Å². The zero-order valence-corrected chi connectivity index (χ0v) is 22.4. The van der Waals surface area contributed by atoms with E-state index in [1.807, 2.05) is 37.3 Å². The van der Waals surface area contributed by atoms with E-state index < -0.39 is 40.2 Å². The highest BCUT2D eigenvalue weighted by molar-refractivity contribution is 7.92. The van der Waals surface area contributed by atoms with Crippen LogP contribution in [0.25, 0.3) is 0 Å². The summed E-state index contributed by atoms with van der Waals surface area (Å²) in [5.74, 6) is -1.09. The average Bonchev–Trinajstić information content (AvgIpc) is 2.90. The largest absolute Gasteiger partial charge is 0.494 e. The minimum absolute atomic E-state index is 0.155. The van der Waals surface area contributed by atoms with E-state index in [1.54, 1.807) is 30.3 Å². The number of likely N-dealkylation sites (N-methyl/N-ethyl adjacent to an activating group) is 1. The first kappa shape index (κ1) is 28.6. The van der Waals surface area contributed by atoms with Crippen molar-refractivity contribution in [2.45, 2.75) is 25.9 Å². The van der Waals surface area contributed by atoms with Crippen molar-refractivity contribution in [2.24, 2.45) is 0 Å². The first-order valence-corrected chi connectivity index (χ1v) is 14.0. The lowest BCUT2D eigenvalue weighted by molar-refractivity contribution is -0.139. The molecule has 3 aromatic rings. The molecule has 0 bridgehead atoms. The highest BCUT2D eigenvalue weighted by atomic mass is 32.2. The average molecular weight is 542 g/mol. The second kappa shape index (κ2) is 13.0. The normalized spacial score (nSPS) is 11.9. The first-order valence-electron chi connectivity index (χ1n) is 12.1. The van der Waals surface area contributed by atoms with E-state index in [2.05, 4.69) is 5.32 Å². The second-order valence-electron chi connectivity index (χ2n) is 8.63. The Bertz CT molecular complexity index is 1330. The van der Waals surface area contributed by atoms with Crippen molar-refractivity contribution >= 4 is 27.5 Å². The Morgan fingerprint density at radius 1 is 0.974 bits per heavy atom. The summed E-state index contributed by atoms with van der Waals surface area (Å²) in [6, 6.07) is 20.4. The van der Waals surface area contributed by atoms with Crippen molar-refractivity contribution in [3.05, 3.63) is 95.8 Å². The van der Waals surface area contributed by atoms with Crippen molar-refractivity contribution in [3.8, 4) is 5.75 Å². The molecule has 0 saturated carbocycles. The lowest BCUT2D eigenvalue weighted by atomic mass is 10.0. The number of rotatable bonds is 12. The quantitative estimate of drug-likeness (QED) is 0.379. The topological polar surface area (TPSA) is 96.0 Å². The van der Waals surface area contributed by atoms with Crippen molar-refractivity contribution < 1.29 is 27.1 Å². The van der Waals surface area contributed by atoms with Gasteiger partial charge in [0.2, 0.25) is 21.8 Å². The molecule has 0 unspecified atom stereocenters. The Morgan fingerprint density at radius 2 is 1.61 bits per heavy atom. The third-order valence-corrected chi connectivity index (χ3v) is 7.07. The summed E-state index contributed by atoms with van der Waals surface area (Å²) in [5.41, 5.74) is 1.25. The second-order valence-corrected chi connectivity index (χ2v) is 10.5. The number of nitrogens with zero attached hydrogens (tertiary/aromatic N) is 2. The summed E-state index contributed by atoms with van der Waals surface area (Å²) in [6.07, 6.45) is 1.15. The molecule has 0 aromatic heterocycles. The van der Waals surface area contributed by atoms with Crippen LogP contribution in [0.2, 0.25) is 0 Å². The molecule has 0 heterocycles. The van der Waals surface area contributed by atoms with Gasteiger partial charge in [0.15, 0.2) is 0 Å². The fourth-order valence-corrected chi connectivity index (χ4v) is 4.87. The molecule has 8 nitrogen and oxygen atoms in total. The number of nitrogens with one attached hydrogen (secondary N) is 1. The third-order valence-electron chi connectivity index (χ3n) is 5.93. The zero-order chi connectivity index (χ0) is 27.7. The van der Waals surface area contributed by atoms with Gasteiger partial charge in [0.1, 0.15) is 24.2 Å². The van der Waals surface area contributed by atoms with Gasteiger partial charge < -0.3 is 15.0 Å². The SMILES string of the molecule is CCOc1ccc(N(CC(=O)N(Cc2ccccc2F)[C@@H](Cc2ccccc2)C(=O)NC)S(C)(=O)=O)cc1. The minimum atomic E-state index is -3.89. The molecule has 2 amide bonds. The molecule has 3 rings (SSSR count). The van der Waals surface area contributed by atoms with Crippen molar-refractivity contribution in [1.29, 1.82) is 0 Å². The van der Waals surface area contributed by atoms with Gasteiger partial charge in [-0.15, -0.1) is 0 Å². The molecule has 1 N–H and O–H groups in total. The number of carbonyl (C=O) groups excluding carboxylic acids is 2. The van der Waals surface area contributed by atoms with Gasteiger partial charge in [0.05, 0.1) is 18.6 Å². The van der Waals surface area contributed by atoms with E-state index in [0.29, 0.717) is 12.4 Å². The summed E-state index contributed by atoms with van der Waals surface area (Å²) < 4.78 is 46.5. The Kier molecular flexibility index (Phi) is 9.84. The minimum Gasteiger partial charge on any atom is -0.494 e. The molecule has 1 atom stereocenters. The van der Waals surface area contributed by atoms with Crippen LogP contribution in [-0.2, 0) is 32.6 Å². The molecule has 38 heavy (non-hydrogen) atoms. The van der Waals surface area contributed by atoms with Gasteiger partial charge >= 0.3 is 0 Å². The highest BCUT2D eigenvalue weighted by Crippen LogP contribution is 2.23. The van der Waals surface area contributed by atoms with Gasteiger partial charge in [-0.3, -0.25) is 13.9 Å². The smallest absolute Gasteiger partial charge is 0.244 e. The van der Waals surface area contributed by atoms with Crippen molar-refractivity contribution in [1.82, 2.24) is 10.2 Å². The Morgan fingerprint density at radius 3 is 2.18 bits per heavy atom. The van der Waals surface area contributed by atoms with E-state index in [4.69, 9.17) is 4.74 Å². The molecule has 0 aliphatic rings. The van der Waals surface area contributed by atoms with Crippen LogP contribution < -0.4 is 14.4 Å². The van der Waals surface area contributed by atoms with Crippen LogP contribution in [0.1, 0.15) is 18.1 Å². The lowest BCUT2D eigenvalue weighted by Crippen LogP contribution is -2.53. The molecule has 0 fully saturated rings. The van der Waals surface area contributed by atoms with Crippen LogP contribution in [0.4, 0.5) is 10.1 Å². The number of sulfonamides is 1. The van der Waals surface area contributed by atoms with E-state index in [1.165, 1.54) is 30.1 Å². The summed E-state index contributed by atoms with van der Waals surface area (Å²) in [5, 5.41) is 2.58. The lowest BCUT2D eigenvalue weighted by Gasteiger charge is -2.33. The number of ether oxygens (including phenoxy) is 1. The number of hydrogen-bond donors (Lipinski definition) is 1. The highest BCUT2D eigenvalue weighted by Gasteiger charge is 2.33. The third kappa shape index (κ3) is 7.55. The number of hydrogen-bond acceptors (Lipinski definition) is 5. The van der Waals surface area contributed by atoms with E-state index in [9.17, 15) is 22.4 Å². The van der Waals surface area contributed by atoms with Crippen molar-refractivity contribution in [3.63, 3.8) is 0 Å². The standard InChI is InChI=1S/C28H32FN3O5S/c1-4-37-24-16-14-23(15-17-24)32(38(3,35)36)20-27(33)31(19-22-12-8-9-13-25(22)29)26(28(34)30-2)18-21-10-6-5-7-11-21/h5-17,26H,4,18-20H2,1-3H3,(H,30,34)/t26-/m0/s1. The van der Waals surface area contributed by atoms with Crippen LogP contribution in [0, 0.1) is 5.82 Å². The van der Waals surface area contributed by atoms with Crippen LogP contribution in [0.5, 0.6) is 5.75 Å². The number of amides is 2. The zero-order valence-electron chi connectivity index (χ0n) is 21.6. The molecule has 3 aromatic carbocycles. The number of carbonyl (C=O) groups is 2. The fourth-order valence-electron chi connectivity index (χ4n) is 4.02. The maximum atomic E-state index is 14.6. The molecule has 10 heteroatoms. The molecule has 202 valence electrons. The molecule has 0 aliphatic carbocycles. The molecule has 0 spiro atoms. The van der Waals surface area contributed by atoms with Gasteiger partial charge in [0, 0.05) is 25.6 Å². The summed E-state index contributed by atoms with van der Waals surface area (Å²) in [4.78, 5) is 28.1. The Labute approximate surface area is 223 Å². The fraction of sp³-hybridized carbons (Fsp3) is 0.286. The monoisotopic (exact) mass is 541 g/mol. The van der Waals surface area contributed by atoms with Gasteiger partial charge in [-0.05, 0) is 42.8 Å². The van der Waals surface area contributed by atoms with Crippen LogP contribution in [-0.4, -0.2) is 57.6 Å². The first-order chi connectivity index (χ1) is 18.1. The number of halogens is 1. The molecule has 0 aliphatic heterocycles. The summed E-state index contributed by atoms with van der Waals surface area (Å²) in [6.45, 7) is 1.47. The maximum Gasteiger partial charge on any atom is 0.244 e. The Balaban J connectivity index is 2.01. The summed E-state index contributed by atoms with van der Waals surface area (Å²) >= 11 is 0. The molecule has 0 saturated heterocycles. The van der Waals surface area contributed by atoms with Gasteiger partial charge in [-0.25, -0.2) is 12.8 Å². The van der Waals surface area contributed by atoms with Crippen LogP contribution in [0.3, 0.4) is 0 Å². The number of benzene rings is 3. The predicted molar refractivity (Wildman–Crippen MR) is 145 cm³/mol. The van der Waals surface area contributed by atoms with E-state index in [0.717, 1.165) is 16.1 Å². The summed E-state index contributed by atoms with van der Waals surface area (Å²) in [7, 11) is -2.44.